The number of hydrogen-bond donors (Lipinski definition) is 2. The molecule has 0 unspecified atom stereocenters. The molecule has 0 fully saturated rings. The van der Waals surface area contributed by atoms with Gasteiger partial charge in [0.1, 0.15) is 29.4 Å². The number of aromatic nitrogens is 3. The number of hydrogen-bond acceptors (Lipinski definition) is 3. The smallest absolute Gasteiger partial charge is 0.149 e. The molecule has 3 aromatic rings. The van der Waals surface area contributed by atoms with E-state index in [1.54, 1.807) is 12.3 Å². The summed E-state index contributed by atoms with van der Waals surface area (Å²) in [5.74, 6) is -0.823. The summed E-state index contributed by atoms with van der Waals surface area (Å²) in [7, 11) is 0. The Balaban J connectivity index is 2.03. The molecule has 2 N–H and O–H groups in total. The van der Waals surface area contributed by atoms with E-state index >= 15 is 0 Å². The van der Waals surface area contributed by atoms with Gasteiger partial charge in [-0.25, -0.2) is 18.7 Å². The van der Waals surface area contributed by atoms with Gasteiger partial charge in [-0.3, -0.25) is 0 Å². The third-order valence-electron chi connectivity index (χ3n) is 2.54. The summed E-state index contributed by atoms with van der Waals surface area (Å²) in [6.45, 7) is 0. The van der Waals surface area contributed by atoms with E-state index in [2.05, 4.69) is 20.3 Å². The number of H-pyrrole nitrogens is 1. The molecule has 18 heavy (non-hydrogen) atoms. The van der Waals surface area contributed by atoms with Crippen LogP contribution in [0.3, 0.4) is 0 Å². The Hall–Kier alpha value is -2.50. The third-order valence-corrected chi connectivity index (χ3v) is 2.54. The Labute approximate surface area is 101 Å². The molecule has 3 rings (SSSR count). The number of rotatable bonds is 2. The van der Waals surface area contributed by atoms with Crippen molar-refractivity contribution < 1.29 is 8.78 Å². The van der Waals surface area contributed by atoms with Crippen LogP contribution in [0, 0.1) is 11.6 Å². The van der Waals surface area contributed by atoms with Crippen LogP contribution in [0.25, 0.3) is 11.0 Å². The number of anilines is 2. The van der Waals surface area contributed by atoms with Crippen LogP contribution in [0.15, 0.2) is 36.8 Å². The molecule has 0 radical (unpaired) electrons. The SMILES string of the molecule is Fc1ccc(Nc2ncnc3[nH]ccc23)c(F)c1. The van der Waals surface area contributed by atoms with Crippen molar-refractivity contribution in [2.75, 3.05) is 5.32 Å². The number of aromatic amines is 1. The Kier molecular flexibility index (Phi) is 2.40. The summed E-state index contributed by atoms with van der Waals surface area (Å²) in [5, 5.41) is 3.55. The van der Waals surface area contributed by atoms with Crippen LogP contribution in [0.2, 0.25) is 0 Å². The standard InChI is InChI=1S/C12H8F2N4/c13-7-1-2-10(9(14)5-7)18-12-8-3-4-15-11(8)16-6-17-12/h1-6H,(H2,15,16,17,18). The fraction of sp³-hybridized carbons (Fsp3) is 0. The first-order valence-electron chi connectivity index (χ1n) is 5.24. The number of fused-ring (bicyclic) bond motifs is 1. The summed E-state index contributed by atoms with van der Waals surface area (Å²) in [5.41, 5.74) is 0.813. The zero-order valence-electron chi connectivity index (χ0n) is 9.11. The van der Waals surface area contributed by atoms with Crippen molar-refractivity contribution in [1.29, 1.82) is 0 Å². The van der Waals surface area contributed by atoms with Crippen LogP contribution in [0.5, 0.6) is 0 Å². The molecule has 90 valence electrons. The number of benzene rings is 1. The molecule has 0 saturated heterocycles. The van der Waals surface area contributed by atoms with Crippen molar-refractivity contribution in [3.63, 3.8) is 0 Å². The first-order valence-corrected chi connectivity index (χ1v) is 5.24. The van der Waals surface area contributed by atoms with Gasteiger partial charge in [-0.15, -0.1) is 0 Å². The molecule has 0 saturated carbocycles. The first-order chi connectivity index (χ1) is 8.74. The maximum Gasteiger partial charge on any atom is 0.149 e. The lowest BCUT2D eigenvalue weighted by Gasteiger charge is -2.07. The molecular weight excluding hydrogens is 238 g/mol. The van der Waals surface area contributed by atoms with Gasteiger partial charge in [-0.05, 0) is 18.2 Å². The van der Waals surface area contributed by atoms with Gasteiger partial charge in [-0.1, -0.05) is 0 Å². The normalized spacial score (nSPS) is 10.8. The first kappa shape index (κ1) is 10.6. The molecule has 0 amide bonds. The molecule has 6 heteroatoms. The third kappa shape index (κ3) is 1.77. The van der Waals surface area contributed by atoms with Crippen LogP contribution in [-0.2, 0) is 0 Å². The van der Waals surface area contributed by atoms with Crippen LogP contribution in [0.1, 0.15) is 0 Å². The topological polar surface area (TPSA) is 53.6 Å². The lowest BCUT2D eigenvalue weighted by Crippen LogP contribution is -1.97. The zero-order valence-corrected chi connectivity index (χ0v) is 9.11. The van der Waals surface area contributed by atoms with Crippen molar-refractivity contribution in [3.8, 4) is 0 Å². The summed E-state index contributed by atoms with van der Waals surface area (Å²) in [4.78, 5) is 11.0. The van der Waals surface area contributed by atoms with Gasteiger partial charge in [0.25, 0.3) is 0 Å². The minimum absolute atomic E-state index is 0.164. The molecule has 2 heterocycles. The minimum Gasteiger partial charge on any atom is -0.346 e. The monoisotopic (exact) mass is 246 g/mol. The Morgan fingerprint density at radius 3 is 2.83 bits per heavy atom. The van der Waals surface area contributed by atoms with Crippen LogP contribution >= 0.6 is 0 Å². The van der Waals surface area contributed by atoms with E-state index in [-0.39, 0.29) is 5.69 Å². The lowest BCUT2D eigenvalue weighted by molar-refractivity contribution is 0.586. The predicted molar refractivity (Wildman–Crippen MR) is 63.5 cm³/mol. The second-order valence-electron chi connectivity index (χ2n) is 3.71. The largest absolute Gasteiger partial charge is 0.346 e. The van der Waals surface area contributed by atoms with Crippen molar-refractivity contribution in [2.45, 2.75) is 0 Å². The summed E-state index contributed by atoms with van der Waals surface area (Å²) < 4.78 is 26.3. The molecule has 0 aliphatic rings. The number of nitrogens with zero attached hydrogens (tertiary/aromatic N) is 2. The molecule has 0 spiro atoms. The minimum atomic E-state index is -0.669. The van der Waals surface area contributed by atoms with Gasteiger partial charge in [-0.2, -0.15) is 0 Å². The van der Waals surface area contributed by atoms with Gasteiger partial charge in [0.15, 0.2) is 0 Å². The highest BCUT2D eigenvalue weighted by Crippen LogP contribution is 2.24. The summed E-state index contributed by atoms with van der Waals surface area (Å²) in [6, 6.07) is 5.10. The highest BCUT2D eigenvalue weighted by molar-refractivity contribution is 5.88. The molecule has 4 nitrogen and oxygen atoms in total. The van der Waals surface area contributed by atoms with Gasteiger partial charge in [0.05, 0.1) is 11.1 Å². The zero-order chi connectivity index (χ0) is 12.5. The molecule has 0 bridgehead atoms. The van der Waals surface area contributed by atoms with E-state index < -0.39 is 11.6 Å². The van der Waals surface area contributed by atoms with Gasteiger partial charge in [0, 0.05) is 12.3 Å². The van der Waals surface area contributed by atoms with E-state index in [1.165, 1.54) is 18.5 Å². The van der Waals surface area contributed by atoms with Crippen molar-refractivity contribution in [1.82, 2.24) is 15.0 Å². The van der Waals surface area contributed by atoms with Gasteiger partial charge < -0.3 is 10.3 Å². The van der Waals surface area contributed by atoms with E-state index in [4.69, 9.17) is 0 Å². The summed E-state index contributed by atoms with van der Waals surface area (Å²) in [6.07, 6.45) is 3.08. The Morgan fingerprint density at radius 1 is 1.11 bits per heavy atom. The number of halogens is 2. The van der Waals surface area contributed by atoms with Crippen LogP contribution < -0.4 is 5.32 Å². The van der Waals surface area contributed by atoms with E-state index in [1.807, 2.05) is 0 Å². The maximum atomic E-state index is 13.5. The van der Waals surface area contributed by atoms with Gasteiger partial charge >= 0.3 is 0 Å². The molecule has 0 aliphatic carbocycles. The quantitative estimate of drug-likeness (QED) is 0.730. The van der Waals surface area contributed by atoms with Crippen LogP contribution in [-0.4, -0.2) is 15.0 Å². The van der Waals surface area contributed by atoms with Crippen LogP contribution in [0.4, 0.5) is 20.3 Å². The molecular formula is C12H8F2N4. The fourth-order valence-electron chi connectivity index (χ4n) is 1.69. The van der Waals surface area contributed by atoms with E-state index in [9.17, 15) is 8.78 Å². The van der Waals surface area contributed by atoms with E-state index in [0.29, 0.717) is 11.5 Å². The maximum absolute atomic E-state index is 13.5. The lowest BCUT2D eigenvalue weighted by atomic mass is 10.3. The van der Waals surface area contributed by atoms with E-state index in [0.717, 1.165) is 11.5 Å². The molecule has 0 aliphatic heterocycles. The average molecular weight is 246 g/mol. The van der Waals surface area contributed by atoms with Crippen molar-refractivity contribution in [3.05, 3.63) is 48.4 Å². The predicted octanol–water partition coefficient (Wildman–Crippen LogP) is 2.98. The molecule has 0 atom stereocenters. The second-order valence-corrected chi connectivity index (χ2v) is 3.71. The highest BCUT2D eigenvalue weighted by Gasteiger charge is 2.08. The summed E-state index contributed by atoms with van der Waals surface area (Å²) >= 11 is 0. The molecule has 2 aromatic heterocycles. The molecule has 1 aromatic carbocycles. The second kappa shape index (κ2) is 4.06. The van der Waals surface area contributed by atoms with Crippen molar-refractivity contribution in [2.24, 2.45) is 0 Å². The highest BCUT2D eigenvalue weighted by atomic mass is 19.1. The average Bonchev–Trinajstić information content (AvgIpc) is 2.82. The van der Waals surface area contributed by atoms with Crippen molar-refractivity contribution >= 4 is 22.5 Å². The van der Waals surface area contributed by atoms with Gasteiger partial charge in [0.2, 0.25) is 0 Å². The Bertz CT molecular complexity index is 708. The Morgan fingerprint density at radius 2 is 2.00 bits per heavy atom. The number of nitrogens with one attached hydrogen (secondary N) is 2. The fourth-order valence-corrected chi connectivity index (χ4v) is 1.69.